The van der Waals surface area contributed by atoms with E-state index < -0.39 is 0 Å². The van der Waals surface area contributed by atoms with Gasteiger partial charge in [-0.2, -0.15) is 0 Å². The zero-order chi connectivity index (χ0) is 14.5. The second kappa shape index (κ2) is 6.20. The molecular weight excluding hydrogens is 246 g/mol. The standard InChI is InChI=1S/C18H19NO/c1-13-8-7-9-14(2)17(13)19-18(20)15(3)12-16-10-5-4-6-11-16/h4-12H,1-3H3,(H,19,20). The van der Waals surface area contributed by atoms with Gasteiger partial charge in [0.05, 0.1) is 0 Å². The summed E-state index contributed by atoms with van der Waals surface area (Å²) in [6, 6.07) is 15.8. The van der Waals surface area contributed by atoms with Crippen molar-refractivity contribution in [2.75, 3.05) is 5.32 Å². The zero-order valence-corrected chi connectivity index (χ0v) is 12.1. The Bertz CT molecular complexity index is 621. The first-order chi connectivity index (χ1) is 9.58. The number of rotatable bonds is 3. The molecule has 2 nitrogen and oxygen atoms in total. The summed E-state index contributed by atoms with van der Waals surface area (Å²) in [6.07, 6.45) is 1.89. The third kappa shape index (κ3) is 3.35. The van der Waals surface area contributed by atoms with Crippen molar-refractivity contribution in [3.63, 3.8) is 0 Å². The molecule has 0 radical (unpaired) electrons. The molecule has 0 bridgehead atoms. The zero-order valence-electron chi connectivity index (χ0n) is 12.1. The normalized spacial score (nSPS) is 11.2. The fourth-order valence-corrected chi connectivity index (χ4v) is 2.09. The van der Waals surface area contributed by atoms with Crippen LogP contribution in [0.1, 0.15) is 23.6 Å². The Morgan fingerprint density at radius 2 is 1.55 bits per heavy atom. The molecule has 0 aromatic heterocycles. The van der Waals surface area contributed by atoms with E-state index >= 15 is 0 Å². The predicted octanol–water partition coefficient (Wildman–Crippen LogP) is 4.35. The van der Waals surface area contributed by atoms with Crippen molar-refractivity contribution in [2.45, 2.75) is 20.8 Å². The van der Waals surface area contributed by atoms with Gasteiger partial charge in [-0.3, -0.25) is 4.79 Å². The Morgan fingerprint density at radius 1 is 0.950 bits per heavy atom. The van der Waals surface area contributed by atoms with Crippen LogP contribution in [0, 0.1) is 13.8 Å². The number of aryl methyl sites for hydroxylation is 2. The Kier molecular flexibility index (Phi) is 4.36. The molecule has 20 heavy (non-hydrogen) atoms. The van der Waals surface area contributed by atoms with Gasteiger partial charge in [0.15, 0.2) is 0 Å². The molecule has 2 heteroatoms. The maximum Gasteiger partial charge on any atom is 0.251 e. The highest BCUT2D eigenvalue weighted by atomic mass is 16.1. The van der Waals surface area contributed by atoms with E-state index in [1.54, 1.807) is 0 Å². The molecule has 1 amide bonds. The Morgan fingerprint density at radius 3 is 2.15 bits per heavy atom. The van der Waals surface area contributed by atoms with Crippen molar-refractivity contribution in [1.82, 2.24) is 0 Å². The second-order valence-corrected chi connectivity index (χ2v) is 4.96. The van der Waals surface area contributed by atoms with Crippen molar-refractivity contribution in [1.29, 1.82) is 0 Å². The van der Waals surface area contributed by atoms with E-state index in [4.69, 9.17) is 0 Å². The predicted molar refractivity (Wildman–Crippen MR) is 84.6 cm³/mol. The van der Waals surface area contributed by atoms with Gasteiger partial charge < -0.3 is 5.32 Å². The summed E-state index contributed by atoms with van der Waals surface area (Å²) in [5.41, 5.74) is 4.77. The summed E-state index contributed by atoms with van der Waals surface area (Å²) < 4.78 is 0. The van der Waals surface area contributed by atoms with Crippen LogP contribution in [0.15, 0.2) is 54.1 Å². The summed E-state index contributed by atoms with van der Waals surface area (Å²) >= 11 is 0. The van der Waals surface area contributed by atoms with E-state index in [0.29, 0.717) is 5.57 Å². The number of nitrogens with one attached hydrogen (secondary N) is 1. The highest BCUT2D eigenvalue weighted by Crippen LogP contribution is 2.20. The molecule has 0 saturated carbocycles. The number of hydrogen-bond donors (Lipinski definition) is 1. The van der Waals surface area contributed by atoms with Gasteiger partial charge in [-0.25, -0.2) is 0 Å². The van der Waals surface area contributed by atoms with Crippen LogP contribution in [0.25, 0.3) is 6.08 Å². The molecule has 0 aliphatic carbocycles. The van der Waals surface area contributed by atoms with E-state index in [0.717, 1.165) is 22.4 Å². The summed E-state index contributed by atoms with van der Waals surface area (Å²) in [7, 11) is 0. The van der Waals surface area contributed by atoms with Gasteiger partial charge in [-0.15, -0.1) is 0 Å². The Hall–Kier alpha value is -2.35. The average molecular weight is 265 g/mol. The molecular formula is C18H19NO. The van der Waals surface area contributed by atoms with Gasteiger partial charge in [0.1, 0.15) is 0 Å². The molecule has 102 valence electrons. The van der Waals surface area contributed by atoms with Gasteiger partial charge in [-0.1, -0.05) is 48.5 Å². The van der Waals surface area contributed by atoms with E-state index in [2.05, 4.69) is 5.32 Å². The van der Waals surface area contributed by atoms with Gasteiger partial charge in [0.2, 0.25) is 0 Å². The largest absolute Gasteiger partial charge is 0.322 e. The molecule has 2 rings (SSSR count). The molecule has 1 N–H and O–H groups in total. The minimum atomic E-state index is -0.0637. The lowest BCUT2D eigenvalue weighted by Gasteiger charge is -2.11. The lowest BCUT2D eigenvalue weighted by Crippen LogP contribution is -2.14. The molecule has 0 spiro atoms. The quantitative estimate of drug-likeness (QED) is 0.821. The SMILES string of the molecule is CC(=Cc1ccccc1)C(=O)Nc1c(C)cccc1C. The average Bonchev–Trinajstić information content (AvgIpc) is 2.44. The monoisotopic (exact) mass is 265 g/mol. The van der Waals surface area contributed by atoms with Crippen LogP contribution in [0.5, 0.6) is 0 Å². The first-order valence-electron chi connectivity index (χ1n) is 6.69. The number of carbonyl (C=O) groups excluding carboxylic acids is 1. The van der Waals surface area contributed by atoms with Crippen LogP contribution < -0.4 is 5.32 Å². The van der Waals surface area contributed by atoms with Crippen molar-refractivity contribution < 1.29 is 4.79 Å². The molecule has 0 fully saturated rings. The van der Waals surface area contributed by atoms with Crippen molar-refractivity contribution in [3.8, 4) is 0 Å². The van der Waals surface area contributed by atoms with E-state index in [1.807, 2.05) is 75.4 Å². The minimum absolute atomic E-state index is 0.0637. The maximum absolute atomic E-state index is 12.2. The number of amides is 1. The van der Waals surface area contributed by atoms with E-state index in [-0.39, 0.29) is 5.91 Å². The second-order valence-electron chi connectivity index (χ2n) is 4.96. The highest BCUT2D eigenvalue weighted by molar-refractivity contribution is 6.06. The van der Waals surface area contributed by atoms with Gasteiger partial charge in [0.25, 0.3) is 5.91 Å². The molecule has 0 aliphatic rings. The van der Waals surface area contributed by atoms with Crippen LogP contribution in [-0.4, -0.2) is 5.91 Å². The first-order valence-corrected chi connectivity index (χ1v) is 6.69. The van der Waals surface area contributed by atoms with Gasteiger partial charge >= 0.3 is 0 Å². The fraction of sp³-hybridized carbons (Fsp3) is 0.167. The number of benzene rings is 2. The third-order valence-electron chi connectivity index (χ3n) is 3.26. The minimum Gasteiger partial charge on any atom is -0.322 e. The maximum atomic E-state index is 12.2. The van der Waals surface area contributed by atoms with Gasteiger partial charge in [-0.05, 0) is 43.5 Å². The molecule has 2 aromatic carbocycles. The Balaban J connectivity index is 2.18. The molecule has 0 heterocycles. The van der Waals surface area contributed by atoms with Crippen molar-refractivity contribution in [2.24, 2.45) is 0 Å². The molecule has 0 saturated heterocycles. The summed E-state index contributed by atoms with van der Waals surface area (Å²) in [4.78, 5) is 12.2. The van der Waals surface area contributed by atoms with Crippen LogP contribution in [0.4, 0.5) is 5.69 Å². The van der Waals surface area contributed by atoms with Crippen LogP contribution in [0.3, 0.4) is 0 Å². The smallest absolute Gasteiger partial charge is 0.251 e. The molecule has 0 aliphatic heterocycles. The molecule has 0 atom stereocenters. The lowest BCUT2D eigenvalue weighted by atomic mass is 10.1. The van der Waals surface area contributed by atoms with Crippen LogP contribution in [0.2, 0.25) is 0 Å². The number of carbonyl (C=O) groups is 1. The van der Waals surface area contributed by atoms with Crippen molar-refractivity contribution >= 4 is 17.7 Å². The fourth-order valence-electron chi connectivity index (χ4n) is 2.09. The number of anilines is 1. The van der Waals surface area contributed by atoms with Crippen LogP contribution >= 0.6 is 0 Å². The molecule has 0 unspecified atom stereocenters. The lowest BCUT2D eigenvalue weighted by molar-refractivity contribution is -0.112. The third-order valence-corrected chi connectivity index (χ3v) is 3.26. The summed E-state index contributed by atoms with van der Waals surface area (Å²) in [5.74, 6) is -0.0637. The van der Waals surface area contributed by atoms with Crippen LogP contribution in [-0.2, 0) is 4.79 Å². The topological polar surface area (TPSA) is 29.1 Å². The first kappa shape index (κ1) is 14.1. The van der Waals surface area contributed by atoms with Crippen molar-refractivity contribution in [3.05, 3.63) is 70.8 Å². The Labute approximate surface area is 120 Å². The number of para-hydroxylation sites is 1. The van der Waals surface area contributed by atoms with Gasteiger partial charge in [0, 0.05) is 11.3 Å². The summed E-state index contributed by atoms with van der Waals surface area (Å²) in [5, 5.41) is 2.99. The molecule has 2 aromatic rings. The van der Waals surface area contributed by atoms with E-state index in [1.165, 1.54) is 0 Å². The summed E-state index contributed by atoms with van der Waals surface area (Å²) in [6.45, 7) is 5.83. The van der Waals surface area contributed by atoms with E-state index in [9.17, 15) is 4.79 Å². The number of hydrogen-bond acceptors (Lipinski definition) is 1. The highest BCUT2D eigenvalue weighted by Gasteiger charge is 2.08.